The summed E-state index contributed by atoms with van der Waals surface area (Å²) < 4.78 is 21.4. The molecule has 14 heavy (non-hydrogen) atoms. The van der Waals surface area contributed by atoms with Gasteiger partial charge in [-0.15, -0.1) is 0 Å². The van der Waals surface area contributed by atoms with Crippen molar-refractivity contribution in [3.63, 3.8) is 0 Å². The van der Waals surface area contributed by atoms with Crippen LogP contribution in [0.15, 0.2) is 11.5 Å². The molecule has 6 atom stereocenters. The lowest BCUT2D eigenvalue weighted by Crippen LogP contribution is -2.36. The molecule has 5 nitrogen and oxygen atoms in total. The highest BCUT2D eigenvalue weighted by molar-refractivity contribution is 5.92. The fourth-order valence-electron chi connectivity index (χ4n) is 2.58. The summed E-state index contributed by atoms with van der Waals surface area (Å²) >= 11 is 0. The molecule has 72 valence electrons. The molecular weight excluding hydrogens is 188 g/mol. The van der Waals surface area contributed by atoms with Crippen molar-refractivity contribution < 1.29 is 23.7 Å². The summed E-state index contributed by atoms with van der Waals surface area (Å²) in [6, 6.07) is 0. The molecule has 0 radical (unpaired) electrons. The van der Waals surface area contributed by atoms with Gasteiger partial charge in [-0.25, -0.2) is 0 Å². The Morgan fingerprint density at radius 3 is 2.79 bits per heavy atom. The summed E-state index contributed by atoms with van der Waals surface area (Å²) in [4.78, 5) is 11.8. The fourth-order valence-corrected chi connectivity index (χ4v) is 2.58. The Bertz CT molecular complexity index is 413. The van der Waals surface area contributed by atoms with Gasteiger partial charge in [0.2, 0.25) is 6.29 Å². The van der Waals surface area contributed by atoms with Crippen LogP contribution in [0.3, 0.4) is 0 Å². The minimum atomic E-state index is -0.346. The molecule has 0 aromatic heterocycles. The van der Waals surface area contributed by atoms with E-state index in [0.717, 1.165) is 5.76 Å². The third kappa shape index (κ3) is 0.534. The summed E-state index contributed by atoms with van der Waals surface area (Å²) in [5.74, 6) is 1.34. The van der Waals surface area contributed by atoms with Crippen LogP contribution < -0.4 is 0 Å². The van der Waals surface area contributed by atoms with Gasteiger partial charge in [0, 0.05) is 0 Å². The number of carbonyl (C=O) groups is 1. The van der Waals surface area contributed by atoms with Gasteiger partial charge in [-0.2, -0.15) is 0 Å². The van der Waals surface area contributed by atoms with E-state index in [1.165, 1.54) is 0 Å². The van der Waals surface area contributed by atoms with Crippen LogP contribution in [0.2, 0.25) is 0 Å². The van der Waals surface area contributed by atoms with Crippen molar-refractivity contribution in [1.82, 2.24) is 0 Å². The van der Waals surface area contributed by atoms with E-state index in [0.29, 0.717) is 5.76 Å². The first kappa shape index (κ1) is 6.42. The van der Waals surface area contributed by atoms with E-state index in [2.05, 4.69) is 0 Å². The molecule has 0 N–H and O–H groups in total. The first-order chi connectivity index (χ1) is 6.84. The monoisotopic (exact) mass is 194 g/mol. The van der Waals surface area contributed by atoms with Crippen molar-refractivity contribution in [3.8, 4) is 0 Å². The van der Waals surface area contributed by atoms with E-state index in [4.69, 9.17) is 18.9 Å². The molecule has 0 aromatic carbocycles. The number of epoxide rings is 3. The Labute approximate surface area is 78.6 Å². The van der Waals surface area contributed by atoms with Crippen molar-refractivity contribution in [1.29, 1.82) is 0 Å². The predicted molar refractivity (Wildman–Crippen MR) is 38.8 cm³/mol. The molecule has 0 saturated carbocycles. The van der Waals surface area contributed by atoms with Gasteiger partial charge >= 0.3 is 0 Å². The molecule has 0 spiro atoms. The first-order valence-corrected chi connectivity index (χ1v) is 4.76. The molecule has 5 heteroatoms. The van der Waals surface area contributed by atoms with Crippen LogP contribution in [0, 0.1) is 5.92 Å². The third-order valence-corrected chi connectivity index (χ3v) is 3.45. The van der Waals surface area contributed by atoms with Gasteiger partial charge in [0.25, 0.3) is 0 Å². The average Bonchev–Trinajstić information content (AvgIpc) is 2.99. The Hall–Kier alpha value is -1.07. The van der Waals surface area contributed by atoms with Gasteiger partial charge in [-0.1, -0.05) is 0 Å². The molecule has 4 saturated heterocycles. The Morgan fingerprint density at radius 2 is 1.86 bits per heavy atom. The number of Topliss-reactive ketones (excluding diaryl/α,β-unsaturated/α-hetero) is 1. The van der Waals surface area contributed by atoms with E-state index in [1.807, 2.05) is 0 Å². The predicted octanol–water partition coefficient (Wildman–Crippen LogP) is -0.682. The second-order valence-corrected chi connectivity index (χ2v) is 4.26. The Kier molecular flexibility index (Phi) is 0.730. The number of carbonyl (C=O) groups excluding carboxylic acids is 1. The molecule has 5 aliphatic rings. The van der Waals surface area contributed by atoms with Crippen LogP contribution in [0.5, 0.6) is 0 Å². The minimum Gasteiger partial charge on any atom is -0.476 e. The molecule has 0 amide bonds. The van der Waals surface area contributed by atoms with Crippen molar-refractivity contribution >= 4 is 5.78 Å². The third-order valence-electron chi connectivity index (χ3n) is 3.45. The van der Waals surface area contributed by atoms with Crippen molar-refractivity contribution in [2.24, 2.45) is 5.92 Å². The van der Waals surface area contributed by atoms with Crippen molar-refractivity contribution in [2.45, 2.75) is 30.7 Å². The number of fused-ring (bicyclic) bond motifs is 6. The van der Waals surface area contributed by atoms with E-state index < -0.39 is 0 Å². The molecule has 5 rings (SSSR count). The second kappa shape index (κ2) is 1.59. The highest BCUT2D eigenvalue weighted by Gasteiger charge is 2.72. The molecule has 4 fully saturated rings. The summed E-state index contributed by atoms with van der Waals surface area (Å²) in [6.07, 6.45) is -0.541. The van der Waals surface area contributed by atoms with E-state index in [9.17, 15) is 4.79 Å². The second-order valence-electron chi connectivity index (χ2n) is 4.26. The van der Waals surface area contributed by atoms with Crippen molar-refractivity contribution in [2.75, 3.05) is 0 Å². The van der Waals surface area contributed by atoms with Gasteiger partial charge in [0.15, 0.2) is 29.5 Å². The maximum absolute atomic E-state index is 11.8. The molecule has 1 aliphatic carbocycles. The maximum atomic E-state index is 11.8. The smallest absolute Gasteiger partial charge is 0.234 e. The van der Waals surface area contributed by atoms with Gasteiger partial charge in [-0.3, -0.25) is 4.79 Å². The molecule has 0 bridgehead atoms. The van der Waals surface area contributed by atoms with Gasteiger partial charge < -0.3 is 18.9 Å². The lowest BCUT2D eigenvalue weighted by atomic mass is 9.87. The standard InChI is InChI=1S/C9H6O5/c10-2-1-3-6(11-3)8-7(12-8)4(1)13-9-5(2)14-9/h1,3,5-6,8-9H. The number of ether oxygens (including phenoxy) is 4. The number of hydrogen-bond acceptors (Lipinski definition) is 5. The first-order valence-electron chi connectivity index (χ1n) is 4.76. The SMILES string of the molecule is O=C1C2OC2OC2=C3OC3C3OC3C12. The fraction of sp³-hybridized carbons (Fsp3) is 0.667. The summed E-state index contributed by atoms with van der Waals surface area (Å²) in [7, 11) is 0. The molecule has 4 aliphatic heterocycles. The molecule has 0 aromatic rings. The zero-order valence-corrected chi connectivity index (χ0v) is 7.01. The van der Waals surface area contributed by atoms with Crippen LogP contribution in [0.1, 0.15) is 0 Å². The molecule has 4 heterocycles. The number of rotatable bonds is 0. The van der Waals surface area contributed by atoms with Gasteiger partial charge in [0.05, 0.1) is 0 Å². The highest BCUT2D eigenvalue weighted by atomic mass is 16.8. The Balaban J connectivity index is 1.70. The van der Waals surface area contributed by atoms with Crippen LogP contribution in [0.25, 0.3) is 0 Å². The minimum absolute atomic E-state index is 0.0149. The highest BCUT2D eigenvalue weighted by Crippen LogP contribution is 2.57. The summed E-state index contributed by atoms with van der Waals surface area (Å²) in [6.45, 7) is 0. The number of ketones is 1. The largest absolute Gasteiger partial charge is 0.476 e. The average molecular weight is 194 g/mol. The quantitative estimate of drug-likeness (QED) is 0.478. The normalized spacial score (nSPS) is 59.9. The zero-order chi connectivity index (χ0) is 9.02. The number of hydrogen-bond donors (Lipinski definition) is 0. The van der Waals surface area contributed by atoms with E-state index in [1.54, 1.807) is 0 Å². The van der Waals surface area contributed by atoms with Crippen molar-refractivity contribution in [3.05, 3.63) is 11.5 Å². The summed E-state index contributed by atoms with van der Waals surface area (Å²) in [5, 5.41) is 0. The van der Waals surface area contributed by atoms with Crippen LogP contribution in [-0.2, 0) is 23.7 Å². The summed E-state index contributed by atoms with van der Waals surface area (Å²) in [5.41, 5.74) is 0. The van der Waals surface area contributed by atoms with Gasteiger partial charge in [-0.05, 0) is 0 Å². The maximum Gasteiger partial charge on any atom is 0.234 e. The Morgan fingerprint density at radius 1 is 0.929 bits per heavy atom. The topological polar surface area (TPSA) is 63.9 Å². The van der Waals surface area contributed by atoms with Gasteiger partial charge in [0.1, 0.15) is 18.1 Å². The van der Waals surface area contributed by atoms with Crippen LogP contribution in [-0.4, -0.2) is 36.5 Å². The van der Waals surface area contributed by atoms with Crippen LogP contribution in [0.4, 0.5) is 0 Å². The van der Waals surface area contributed by atoms with E-state index in [-0.39, 0.29) is 42.4 Å². The van der Waals surface area contributed by atoms with Crippen LogP contribution >= 0.6 is 0 Å². The lowest BCUT2D eigenvalue weighted by Gasteiger charge is -2.20. The molecular formula is C9H6O5. The zero-order valence-electron chi connectivity index (χ0n) is 7.01. The molecule has 6 unspecified atom stereocenters. The van der Waals surface area contributed by atoms with E-state index >= 15 is 0 Å². The lowest BCUT2D eigenvalue weighted by molar-refractivity contribution is -0.126.